The van der Waals surface area contributed by atoms with Crippen LogP contribution in [0.15, 0.2) is 0 Å². The minimum absolute atomic E-state index is 0.916. The second-order valence-electron chi connectivity index (χ2n) is 3.62. The van der Waals surface area contributed by atoms with E-state index < -0.39 is 0 Å². The second-order valence-corrected chi connectivity index (χ2v) is 3.62. The first-order chi connectivity index (χ1) is 5.38. The molecule has 66 valence electrons. The molecule has 1 saturated heterocycles. The van der Waals surface area contributed by atoms with Crippen molar-refractivity contribution in [1.29, 1.82) is 0 Å². The predicted octanol–water partition coefficient (Wildman–Crippen LogP) is 2.66. The summed E-state index contributed by atoms with van der Waals surface area (Å²) in [6.07, 6.45) is 6.95. The summed E-state index contributed by atoms with van der Waals surface area (Å²) in [7, 11) is 0. The molecule has 1 aliphatic heterocycles. The molecule has 1 rings (SSSR count). The molecule has 0 spiro atoms. The molecule has 1 aliphatic rings. The highest BCUT2D eigenvalue weighted by molar-refractivity contribution is 4.77. The van der Waals surface area contributed by atoms with Crippen LogP contribution in [0.2, 0.25) is 0 Å². The van der Waals surface area contributed by atoms with Gasteiger partial charge < -0.3 is 4.90 Å². The third kappa shape index (κ3) is 2.48. The Morgan fingerprint density at radius 2 is 1.64 bits per heavy atom. The summed E-state index contributed by atoms with van der Waals surface area (Å²) in [6.45, 7) is 7.32. The van der Waals surface area contributed by atoms with E-state index in [-0.39, 0.29) is 0 Å². The van der Waals surface area contributed by atoms with Crippen LogP contribution in [0.3, 0.4) is 0 Å². The molecular formula is C10H21N. The number of rotatable bonds is 5. The Balaban J connectivity index is 2.19. The van der Waals surface area contributed by atoms with Gasteiger partial charge in [0.25, 0.3) is 0 Å². The lowest BCUT2D eigenvalue weighted by Gasteiger charge is -2.38. The van der Waals surface area contributed by atoms with Gasteiger partial charge >= 0.3 is 0 Å². The highest BCUT2D eigenvalue weighted by Gasteiger charge is 2.21. The van der Waals surface area contributed by atoms with Gasteiger partial charge in [-0.15, -0.1) is 0 Å². The van der Waals surface area contributed by atoms with Crippen LogP contribution in [0.5, 0.6) is 0 Å². The van der Waals surface area contributed by atoms with E-state index in [1.165, 1.54) is 45.2 Å². The molecule has 0 amide bonds. The largest absolute Gasteiger partial charge is 0.300 e. The molecule has 0 aliphatic carbocycles. The van der Waals surface area contributed by atoms with Crippen molar-refractivity contribution in [3.8, 4) is 0 Å². The van der Waals surface area contributed by atoms with Crippen molar-refractivity contribution in [2.75, 3.05) is 13.1 Å². The van der Waals surface area contributed by atoms with E-state index in [1.54, 1.807) is 0 Å². The molecule has 0 bridgehead atoms. The summed E-state index contributed by atoms with van der Waals surface area (Å²) in [5.74, 6) is 0. The fourth-order valence-corrected chi connectivity index (χ4v) is 1.88. The molecule has 11 heavy (non-hydrogen) atoms. The van der Waals surface area contributed by atoms with E-state index >= 15 is 0 Å². The zero-order valence-corrected chi connectivity index (χ0v) is 7.97. The number of hydrogen-bond acceptors (Lipinski definition) is 1. The molecule has 1 nitrogen and oxygen atoms in total. The molecule has 0 aromatic heterocycles. The molecule has 0 unspecified atom stereocenters. The van der Waals surface area contributed by atoms with Crippen LogP contribution in [0.25, 0.3) is 0 Å². The Morgan fingerprint density at radius 3 is 1.91 bits per heavy atom. The SMILES string of the molecule is CCCC(CCC)N1CCC1. The van der Waals surface area contributed by atoms with E-state index in [4.69, 9.17) is 0 Å². The van der Waals surface area contributed by atoms with Gasteiger partial charge in [0.1, 0.15) is 0 Å². The van der Waals surface area contributed by atoms with Crippen LogP contribution in [-0.4, -0.2) is 24.0 Å². The smallest absolute Gasteiger partial charge is 0.00950 e. The average Bonchev–Trinajstić information content (AvgIpc) is 1.85. The van der Waals surface area contributed by atoms with Crippen molar-refractivity contribution in [1.82, 2.24) is 4.90 Å². The highest BCUT2D eigenvalue weighted by Crippen LogP contribution is 2.18. The van der Waals surface area contributed by atoms with Gasteiger partial charge in [0, 0.05) is 6.04 Å². The molecule has 0 aromatic carbocycles. The number of nitrogens with zero attached hydrogens (tertiary/aromatic N) is 1. The van der Waals surface area contributed by atoms with Gasteiger partial charge in [-0.1, -0.05) is 26.7 Å². The number of hydrogen-bond donors (Lipinski definition) is 0. The van der Waals surface area contributed by atoms with Crippen LogP contribution < -0.4 is 0 Å². The Morgan fingerprint density at radius 1 is 1.09 bits per heavy atom. The molecule has 0 radical (unpaired) electrons. The minimum Gasteiger partial charge on any atom is -0.300 e. The summed E-state index contributed by atoms with van der Waals surface area (Å²) in [5, 5.41) is 0. The van der Waals surface area contributed by atoms with Gasteiger partial charge in [-0.05, 0) is 32.4 Å². The average molecular weight is 155 g/mol. The normalized spacial score (nSPS) is 18.8. The van der Waals surface area contributed by atoms with E-state index in [2.05, 4.69) is 18.7 Å². The first kappa shape index (κ1) is 9.05. The maximum absolute atomic E-state index is 2.65. The second kappa shape index (κ2) is 4.76. The van der Waals surface area contributed by atoms with Gasteiger partial charge in [-0.2, -0.15) is 0 Å². The predicted molar refractivity (Wildman–Crippen MR) is 49.8 cm³/mol. The summed E-state index contributed by atoms with van der Waals surface area (Å²) in [4.78, 5) is 2.65. The Hall–Kier alpha value is -0.0400. The van der Waals surface area contributed by atoms with Gasteiger partial charge in [-0.3, -0.25) is 0 Å². The van der Waals surface area contributed by atoms with Crippen molar-refractivity contribution >= 4 is 0 Å². The Bertz CT molecular complexity index is 91.0. The first-order valence-corrected chi connectivity index (χ1v) is 5.12. The van der Waals surface area contributed by atoms with Crippen LogP contribution in [-0.2, 0) is 0 Å². The van der Waals surface area contributed by atoms with Crippen molar-refractivity contribution in [2.45, 2.75) is 52.0 Å². The quantitative estimate of drug-likeness (QED) is 0.590. The van der Waals surface area contributed by atoms with Crippen molar-refractivity contribution in [2.24, 2.45) is 0 Å². The lowest BCUT2D eigenvalue weighted by molar-refractivity contribution is 0.104. The van der Waals surface area contributed by atoms with Crippen LogP contribution in [0, 0.1) is 0 Å². The topological polar surface area (TPSA) is 3.24 Å². The van der Waals surface area contributed by atoms with Crippen LogP contribution in [0.1, 0.15) is 46.0 Å². The fourth-order valence-electron chi connectivity index (χ4n) is 1.88. The molecule has 0 N–H and O–H groups in total. The maximum atomic E-state index is 2.65. The monoisotopic (exact) mass is 155 g/mol. The summed E-state index contributed by atoms with van der Waals surface area (Å²) in [6, 6.07) is 0.916. The van der Waals surface area contributed by atoms with Crippen LogP contribution >= 0.6 is 0 Å². The molecule has 1 heteroatoms. The van der Waals surface area contributed by atoms with Crippen molar-refractivity contribution in [3.05, 3.63) is 0 Å². The molecular weight excluding hydrogens is 134 g/mol. The molecule has 0 atom stereocenters. The first-order valence-electron chi connectivity index (χ1n) is 5.12. The Labute approximate surface area is 70.8 Å². The standard InChI is InChI=1S/C10H21N/c1-3-6-10(7-4-2)11-8-5-9-11/h10H,3-9H2,1-2H3. The van der Waals surface area contributed by atoms with E-state index in [0.29, 0.717) is 0 Å². The molecule has 0 aromatic rings. The van der Waals surface area contributed by atoms with Crippen LogP contribution in [0.4, 0.5) is 0 Å². The van der Waals surface area contributed by atoms with E-state index in [0.717, 1.165) is 6.04 Å². The molecule has 0 saturated carbocycles. The van der Waals surface area contributed by atoms with Crippen molar-refractivity contribution < 1.29 is 0 Å². The molecule has 1 fully saturated rings. The summed E-state index contributed by atoms with van der Waals surface area (Å²) >= 11 is 0. The summed E-state index contributed by atoms with van der Waals surface area (Å²) in [5.41, 5.74) is 0. The maximum Gasteiger partial charge on any atom is 0.00950 e. The fraction of sp³-hybridized carbons (Fsp3) is 1.00. The lowest BCUT2D eigenvalue weighted by Crippen LogP contribution is -2.44. The van der Waals surface area contributed by atoms with Gasteiger partial charge in [0.2, 0.25) is 0 Å². The third-order valence-corrected chi connectivity index (χ3v) is 2.65. The third-order valence-electron chi connectivity index (χ3n) is 2.65. The van der Waals surface area contributed by atoms with Crippen molar-refractivity contribution in [3.63, 3.8) is 0 Å². The Kier molecular flexibility index (Phi) is 3.92. The minimum atomic E-state index is 0.916. The zero-order chi connectivity index (χ0) is 8.10. The van der Waals surface area contributed by atoms with E-state index in [1.807, 2.05) is 0 Å². The lowest BCUT2D eigenvalue weighted by atomic mass is 10.0. The number of likely N-dealkylation sites (tertiary alicyclic amines) is 1. The van der Waals surface area contributed by atoms with Gasteiger partial charge in [0.15, 0.2) is 0 Å². The zero-order valence-electron chi connectivity index (χ0n) is 7.97. The van der Waals surface area contributed by atoms with Gasteiger partial charge in [-0.25, -0.2) is 0 Å². The van der Waals surface area contributed by atoms with Gasteiger partial charge in [0.05, 0.1) is 0 Å². The molecule has 1 heterocycles. The van der Waals surface area contributed by atoms with E-state index in [9.17, 15) is 0 Å². The summed E-state index contributed by atoms with van der Waals surface area (Å²) < 4.78 is 0. The highest BCUT2D eigenvalue weighted by atomic mass is 15.2.